The summed E-state index contributed by atoms with van der Waals surface area (Å²) in [5.74, 6) is 0.0238. The van der Waals surface area contributed by atoms with Crippen molar-refractivity contribution in [3.63, 3.8) is 0 Å². The van der Waals surface area contributed by atoms with Gasteiger partial charge in [-0.3, -0.25) is 9.59 Å². The van der Waals surface area contributed by atoms with E-state index in [9.17, 15) is 9.59 Å². The molecule has 1 aliphatic heterocycles. The minimum Gasteiger partial charge on any atom is -0.352 e. The van der Waals surface area contributed by atoms with Crippen molar-refractivity contribution in [3.8, 4) is 0 Å². The third-order valence-corrected chi connectivity index (χ3v) is 3.33. The highest BCUT2D eigenvalue weighted by molar-refractivity contribution is 5.89. The fourth-order valence-electron chi connectivity index (χ4n) is 2.23. The molecule has 0 aromatic carbocycles. The third kappa shape index (κ3) is 3.33. The molecule has 2 rings (SSSR count). The maximum absolute atomic E-state index is 12.0. The van der Waals surface area contributed by atoms with E-state index in [-0.39, 0.29) is 30.3 Å². The van der Waals surface area contributed by atoms with Crippen molar-refractivity contribution in [2.24, 2.45) is 5.73 Å². The molecule has 0 aromatic heterocycles. The molecular weight excluding hydrogens is 242 g/mol. The number of hydrogen-bond donors (Lipinski definition) is 2. The Labute approximate surface area is 108 Å². The van der Waals surface area contributed by atoms with Gasteiger partial charge >= 0.3 is 0 Å². The number of piperidine rings is 1. The molecule has 2 aliphatic rings. The molecule has 6 heteroatoms. The lowest BCUT2D eigenvalue weighted by Gasteiger charge is -2.34. The molecule has 17 heavy (non-hydrogen) atoms. The van der Waals surface area contributed by atoms with Crippen LogP contribution in [0.2, 0.25) is 0 Å². The summed E-state index contributed by atoms with van der Waals surface area (Å²) in [6, 6.07) is 0.0950. The highest BCUT2D eigenvalue weighted by Crippen LogP contribution is 2.34. The highest BCUT2D eigenvalue weighted by Gasteiger charge is 2.48. The van der Waals surface area contributed by atoms with Crippen molar-refractivity contribution in [2.45, 2.75) is 44.2 Å². The molecule has 5 nitrogen and oxygen atoms in total. The van der Waals surface area contributed by atoms with E-state index in [0.717, 1.165) is 32.2 Å². The van der Waals surface area contributed by atoms with Gasteiger partial charge in [0.2, 0.25) is 11.8 Å². The van der Waals surface area contributed by atoms with Crippen molar-refractivity contribution in [1.29, 1.82) is 0 Å². The van der Waals surface area contributed by atoms with E-state index < -0.39 is 5.54 Å². The van der Waals surface area contributed by atoms with Gasteiger partial charge in [0.1, 0.15) is 0 Å². The van der Waals surface area contributed by atoms with Crippen molar-refractivity contribution in [2.75, 3.05) is 13.1 Å². The number of rotatable bonds is 2. The summed E-state index contributed by atoms with van der Waals surface area (Å²) in [5.41, 5.74) is 5.30. The lowest BCUT2D eigenvalue weighted by Crippen LogP contribution is -2.54. The SMILES string of the molecule is CC(=O)NC1CCCN(C(=O)C2(N)CC2)C1.Cl. The van der Waals surface area contributed by atoms with Crippen LogP contribution in [-0.4, -0.2) is 41.4 Å². The number of halogens is 1. The molecule has 2 amide bonds. The second kappa shape index (κ2) is 5.23. The summed E-state index contributed by atoms with van der Waals surface area (Å²) in [4.78, 5) is 24.8. The minimum atomic E-state index is -0.585. The molecule has 0 aromatic rings. The zero-order chi connectivity index (χ0) is 11.8. The second-order valence-corrected chi connectivity index (χ2v) is 4.95. The predicted octanol–water partition coefficient (Wildman–Crippen LogP) is 0.0266. The number of carbonyl (C=O) groups is 2. The number of amides is 2. The van der Waals surface area contributed by atoms with Gasteiger partial charge in [-0.1, -0.05) is 0 Å². The molecule has 0 spiro atoms. The number of hydrogen-bond acceptors (Lipinski definition) is 3. The van der Waals surface area contributed by atoms with Crippen molar-refractivity contribution in [3.05, 3.63) is 0 Å². The van der Waals surface area contributed by atoms with Crippen molar-refractivity contribution in [1.82, 2.24) is 10.2 Å². The Morgan fingerprint density at radius 2 is 2.06 bits per heavy atom. The largest absolute Gasteiger partial charge is 0.352 e. The van der Waals surface area contributed by atoms with Gasteiger partial charge in [0.25, 0.3) is 0 Å². The molecule has 1 heterocycles. The Morgan fingerprint density at radius 1 is 1.41 bits per heavy atom. The average Bonchev–Trinajstić information content (AvgIpc) is 2.96. The van der Waals surface area contributed by atoms with Gasteiger partial charge in [-0.05, 0) is 25.7 Å². The molecule has 1 aliphatic carbocycles. The van der Waals surface area contributed by atoms with Crippen LogP contribution in [0.5, 0.6) is 0 Å². The standard InChI is InChI=1S/C11H19N3O2.ClH/c1-8(15)13-9-3-2-6-14(7-9)10(16)11(12)4-5-11;/h9H,2-7,12H2,1H3,(H,13,15);1H. The zero-order valence-corrected chi connectivity index (χ0v) is 10.9. The summed E-state index contributed by atoms with van der Waals surface area (Å²) in [6.45, 7) is 2.89. The Kier molecular flexibility index (Phi) is 4.38. The van der Waals surface area contributed by atoms with Gasteiger partial charge < -0.3 is 16.0 Å². The highest BCUT2D eigenvalue weighted by atomic mass is 35.5. The summed E-state index contributed by atoms with van der Waals surface area (Å²) in [6.07, 6.45) is 3.48. The first-order valence-corrected chi connectivity index (χ1v) is 5.87. The van der Waals surface area contributed by atoms with E-state index in [4.69, 9.17) is 5.73 Å². The van der Waals surface area contributed by atoms with Crippen LogP contribution in [0.25, 0.3) is 0 Å². The summed E-state index contributed by atoms with van der Waals surface area (Å²) < 4.78 is 0. The molecule has 0 radical (unpaired) electrons. The molecule has 1 atom stereocenters. The monoisotopic (exact) mass is 261 g/mol. The van der Waals surface area contributed by atoms with E-state index in [1.54, 1.807) is 4.90 Å². The third-order valence-electron chi connectivity index (χ3n) is 3.33. The van der Waals surface area contributed by atoms with Crippen LogP contribution in [0.3, 0.4) is 0 Å². The van der Waals surface area contributed by atoms with Gasteiger partial charge in [-0.2, -0.15) is 0 Å². The van der Waals surface area contributed by atoms with E-state index in [2.05, 4.69) is 5.32 Å². The van der Waals surface area contributed by atoms with Gasteiger partial charge in [-0.25, -0.2) is 0 Å². The first kappa shape index (κ1) is 14.3. The molecule has 2 fully saturated rings. The minimum absolute atomic E-state index is 0. The Balaban J connectivity index is 0.00000144. The molecule has 0 bridgehead atoms. The predicted molar refractivity (Wildman–Crippen MR) is 66.8 cm³/mol. The maximum Gasteiger partial charge on any atom is 0.242 e. The first-order valence-electron chi connectivity index (χ1n) is 5.87. The lowest BCUT2D eigenvalue weighted by molar-refractivity contribution is -0.135. The number of carbonyl (C=O) groups excluding carboxylic acids is 2. The first-order chi connectivity index (χ1) is 7.51. The van der Waals surface area contributed by atoms with Gasteiger partial charge in [-0.15, -0.1) is 12.4 Å². The molecule has 98 valence electrons. The van der Waals surface area contributed by atoms with Crippen LogP contribution < -0.4 is 11.1 Å². The maximum atomic E-state index is 12.0. The molecular formula is C11H20ClN3O2. The number of likely N-dealkylation sites (tertiary alicyclic amines) is 1. The Morgan fingerprint density at radius 3 is 2.59 bits per heavy atom. The van der Waals surface area contributed by atoms with E-state index in [1.807, 2.05) is 0 Å². The molecule has 1 saturated heterocycles. The summed E-state index contributed by atoms with van der Waals surface area (Å²) in [5, 5.41) is 2.86. The smallest absolute Gasteiger partial charge is 0.242 e. The van der Waals surface area contributed by atoms with Crippen LogP contribution in [0.4, 0.5) is 0 Å². The normalized spacial score (nSPS) is 25.8. The fraction of sp³-hybridized carbons (Fsp3) is 0.818. The number of nitrogens with one attached hydrogen (secondary N) is 1. The van der Waals surface area contributed by atoms with E-state index in [1.165, 1.54) is 6.92 Å². The average molecular weight is 262 g/mol. The molecule has 1 unspecified atom stereocenters. The van der Waals surface area contributed by atoms with Gasteiger partial charge in [0.05, 0.1) is 5.54 Å². The van der Waals surface area contributed by atoms with Gasteiger partial charge in [0, 0.05) is 26.1 Å². The number of nitrogens with two attached hydrogens (primary N) is 1. The molecule has 3 N–H and O–H groups in total. The summed E-state index contributed by atoms with van der Waals surface area (Å²) >= 11 is 0. The Hall–Kier alpha value is -0.810. The van der Waals surface area contributed by atoms with E-state index >= 15 is 0 Å². The quantitative estimate of drug-likeness (QED) is 0.736. The van der Waals surface area contributed by atoms with Crippen LogP contribution >= 0.6 is 12.4 Å². The fourth-order valence-corrected chi connectivity index (χ4v) is 2.23. The van der Waals surface area contributed by atoms with Crippen LogP contribution in [0.15, 0.2) is 0 Å². The lowest BCUT2D eigenvalue weighted by atomic mass is 10.0. The summed E-state index contributed by atoms with van der Waals surface area (Å²) in [7, 11) is 0. The second-order valence-electron chi connectivity index (χ2n) is 4.95. The van der Waals surface area contributed by atoms with E-state index in [0.29, 0.717) is 6.54 Å². The van der Waals surface area contributed by atoms with Crippen LogP contribution in [0, 0.1) is 0 Å². The van der Waals surface area contributed by atoms with Crippen molar-refractivity contribution >= 4 is 24.2 Å². The molecule has 1 saturated carbocycles. The zero-order valence-electron chi connectivity index (χ0n) is 10.1. The van der Waals surface area contributed by atoms with Crippen LogP contribution in [-0.2, 0) is 9.59 Å². The van der Waals surface area contributed by atoms with Crippen LogP contribution in [0.1, 0.15) is 32.6 Å². The Bertz CT molecular complexity index is 318. The number of nitrogens with zero attached hydrogens (tertiary/aromatic N) is 1. The van der Waals surface area contributed by atoms with Gasteiger partial charge in [0.15, 0.2) is 0 Å². The topological polar surface area (TPSA) is 75.4 Å². The van der Waals surface area contributed by atoms with Crippen molar-refractivity contribution < 1.29 is 9.59 Å².